The molecule has 1 saturated carbocycles. The molecular formula is C25H26N2O3S. The van der Waals surface area contributed by atoms with Gasteiger partial charge in [-0.2, -0.15) is 0 Å². The number of carbonyl (C=O) groups is 1. The molecule has 0 radical (unpaired) electrons. The Hall–Kier alpha value is -2.70. The summed E-state index contributed by atoms with van der Waals surface area (Å²) in [5.74, 6) is 0.0368. The summed E-state index contributed by atoms with van der Waals surface area (Å²) in [6.07, 6.45) is 4.95. The van der Waals surface area contributed by atoms with Gasteiger partial charge in [-0.05, 0) is 59.4 Å². The van der Waals surface area contributed by atoms with Gasteiger partial charge in [0, 0.05) is 18.3 Å². The Balaban J connectivity index is 1.36. The molecule has 160 valence electrons. The molecule has 0 bridgehead atoms. The SMILES string of the molecule is O=C(Cc1cccc2ccccc12)N1CCc2cc(S(=O)(=O)NC3CCCC3)ccc21. The lowest BCUT2D eigenvalue weighted by atomic mass is 10.0. The van der Waals surface area contributed by atoms with Crippen LogP contribution in [0, 0.1) is 0 Å². The fourth-order valence-corrected chi connectivity index (χ4v) is 6.20. The average Bonchev–Trinajstić information content (AvgIpc) is 3.43. The first-order valence-corrected chi connectivity index (χ1v) is 12.4. The molecule has 3 aromatic carbocycles. The van der Waals surface area contributed by atoms with Crippen molar-refractivity contribution < 1.29 is 13.2 Å². The number of nitrogens with zero attached hydrogens (tertiary/aromatic N) is 1. The molecule has 5 nitrogen and oxygen atoms in total. The van der Waals surface area contributed by atoms with Crippen LogP contribution in [0.15, 0.2) is 65.6 Å². The van der Waals surface area contributed by atoms with E-state index in [1.54, 1.807) is 23.1 Å². The van der Waals surface area contributed by atoms with Gasteiger partial charge in [0.25, 0.3) is 0 Å². The second-order valence-electron chi connectivity index (χ2n) is 8.50. The maximum atomic E-state index is 13.1. The van der Waals surface area contributed by atoms with Crippen LogP contribution >= 0.6 is 0 Å². The lowest BCUT2D eigenvalue weighted by Crippen LogP contribution is -2.32. The van der Waals surface area contributed by atoms with Crippen LogP contribution in [0.3, 0.4) is 0 Å². The van der Waals surface area contributed by atoms with Crippen LogP contribution in [0.4, 0.5) is 5.69 Å². The summed E-state index contributed by atoms with van der Waals surface area (Å²) in [4.78, 5) is 15.2. The van der Waals surface area contributed by atoms with Gasteiger partial charge in [0.05, 0.1) is 11.3 Å². The minimum atomic E-state index is -3.53. The number of hydrogen-bond acceptors (Lipinski definition) is 3. The largest absolute Gasteiger partial charge is 0.312 e. The zero-order valence-electron chi connectivity index (χ0n) is 17.4. The van der Waals surface area contributed by atoms with E-state index in [9.17, 15) is 13.2 Å². The average molecular weight is 435 g/mol. The third-order valence-corrected chi connectivity index (χ3v) is 7.97. The quantitative estimate of drug-likeness (QED) is 0.655. The van der Waals surface area contributed by atoms with Gasteiger partial charge in [0.2, 0.25) is 15.9 Å². The van der Waals surface area contributed by atoms with E-state index in [2.05, 4.69) is 16.9 Å². The fourth-order valence-electron chi connectivity index (χ4n) is 4.84. The molecule has 2 aliphatic rings. The third-order valence-electron chi connectivity index (χ3n) is 6.46. The van der Waals surface area contributed by atoms with Crippen LogP contribution in [0.25, 0.3) is 10.8 Å². The maximum Gasteiger partial charge on any atom is 0.240 e. The van der Waals surface area contributed by atoms with Crippen molar-refractivity contribution in [2.24, 2.45) is 0 Å². The number of rotatable bonds is 5. The van der Waals surface area contributed by atoms with Crippen LogP contribution in [-0.4, -0.2) is 26.9 Å². The molecular weight excluding hydrogens is 408 g/mol. The minimum Gasteiger partial charge on any atom is -0.312 e. The molecule has 0 aromatic heterocycles. The molecule has 1 N–H and O–H groups in total. The Bertz CT molecular complexity index is 1240. The second kappa shape index (κ2) is 8.09. The minimum absolute atomic E-state index is 0.0368. The Morgan fingerprint density at radius 3 is 2.61 bits per heavy atom. The van der Waals surface area contributed by atoms with Gasteiger partial charge < -0.3 is 4.90 Å². The van der Waals surface area contributed by atoms with Crippen LogP contribution in [-0.2, 0) is 27.7 Å². The fraction of sp³-hybridized carbons (Fsp3) is 0.320. The molecule has 6 heteroatoms. The number of amides is 1. The van der Waals surface area contributed by atoms with E-state index in [-0.39, 0.29) is 11.9 Å². The highest BCUT2D eigenvalue weighted by Crippen LogP contribution is 2.32. The van der Waals surface area contributed by atoms with Gasteiger partial charge in [0.15, 0.2) is 0 Å². The molecule has 0 spiro atoms. The van der Waals surface area contributed by atoms with Crippen molar-refractivity contribution in [2.45, 2.75) is 49.5 Å². The summed E-state index contributed by atoms with van der Waals surface area (Å²) in [7, 11) is -3.53. The van der Waals surface area contributed by atoms with Crippen molar-refractivity contribution in [3.8, 4) is 0 Å². The van der Waals surface area contributed by atoms with Gasteiger partial charge in [-0.15, -0.1) is 0 Å². The monoisotopic (exact) mass is 434 g/mol. The van der Waals surface area contributed by atoms with Crippen molar-refractivity contribution in [1.29, 1.82) is 0 Å². The zero-order chi connectivity index (χ0) is 21.4. The van der Waals surface area contributed by atoms with Gasteiger partial charge in [-0.25, -0.2) is 13.1 Å². The van der Waals surface area contributed by atoms with E-state index in [0.717, 1.165) is 53.3 Å². The molecule has 1 heterocycles. The molecule has 1 aliphatic carbocycles. The maximum absolute atomic E-state index is 13.1. The Morgan fingerprint density at radius 2 is 1.77 bits per heavy atom. The van der Waals surface area contributed by atoms with E-state index in [4.69, 9.17) is 0 Å². The molecule has 0 atom stereocenters. The van der Waals surface area contributed by atoms with Crippen LogP contribution in [0.5, 0.6) is 0 Å². The van der Waals surface area contributed by atoms with E-state index in [1.807, 2.05) is 30.3 Å². The molecule has 31 heavy (non-hydrogen) atoms. The van der Waals surface area contributed by atoms with Crippen molar-refractivity contribution in [1.82, 2.24) is 4.72 Å². The molecule has 5 rings (SSSR count). The van der Waals surface area contributed by atoms with Gasteiger partial charge in [-0.1, -0.05) is 55.3 Å². The van der Waals surface area contributed by atoms with Crippen molar-refractivity contribution in [3.63, 3.8) is 0 Å². The predicted molar refractivity (Wildman–Crippen MR) is 123 cm³/mol. The number of carbonyl (C=O) groups excluding carboxylic acids is 1. The van der Waals surface area contributed by atoms with Crippen LogP contribution in [0.2, 0.25) is 0 Å². The lowest BCUT2D eigenvalue weighted by molar-refractivity contribution is -0.117. The third kappa shape index (κ3) is 3.98. The zero-order valence-corrected chi connectivity index (χ0v) is 18.2. The topological polar surface area (TPSA) is 66.5 Å². The number of sulfonamides is 1. The summed E-state index contributed by atoms with van der Waals surface area (Å²) < 4.78 is 28.4. The van der Waals surface area contributed by atoms with E-state index < -0.39 is 10.0 Å². The van der Waals surface area contributed by atoms with Crippen LogP contribution < -0.4 is 9.62 Å². The highest BCUT2D eigenvalue weighted by atomic mass is 32.2. The Labute approximate surface area is 183 Å². The summed E-state index contributed by atoms with van der Waals surface area (Å²) in [5.41, 5.74) is 2.75. The number of nitrogens with one attached hydrogen (secondary N) is 1. The Kier molecular flexibility index (Phi) is 5.28. The number of fused-ring (bicyclic) bond motifs is 2. The first kappa shape index (κ1) is 20.2. The van der Waals surface area contributed by atoms with E-state index >= 15 is 0 Å². The second-order valence-corrected chi connectivity index (χ2v) is 10.2. The van der Waals surface area contributed by atoms with Crippen molar-refractivity contribution >= 4 is 32.4 Å². The number of anilines is 1. The van der Waals surface area contributed by atoms with E-state index in [0.29, 0.717) is 24.3 Å². The summed E-state index contributed by atoms with van der Waals surface area (Å²) >= 11 is 0. The molecule has 1 amide bonds. The predicted octanol–water partition coefficient (Wildman–Crippen LogP) is 4.19. The smallest absolute Gasteiger partial charge is 0.240 e. The standard InChI is InChI=1S/C25H26N2O3S/c28-25(17-19-8-5-7-18-6-1-4-11-23(18)19)27-15-14-20-16-22(12-13-24(20)27)31(29,30)26-21-9-2-3-10-21/h1,4-8,11-13,16,21,26H,2-3,9-10,14-15,17H2. The highest BCUT2D eigenvalue weighted by molar-refractivity contribution is 7.89. The molecule has 1 aliphatic heterocycles. The number of benzene rings is 3. The molecule has 0 saturated heterocycles. The number of hydrogen-bond donors (Lipinski definition) is 1. The van der Waals surface area contributed by atoms with Crippen molar-refractivity contribution in [3.05, 3.63) is 71.8 Å². The summed E-state index contributed by atoms with van der Waals surface area (Å²) in [5, 5.41) is 2.22. The van der Waals surface area contributed by atoms with Gasteiger partial charge in [0.1, 0.15) is 0 Å². The molecule has 1 fully saturated rings. The first-order valence-electron chi connectivity index (χ1n) is 10.9. The summed E-state index contributed by atoms with van der Waals surface area (Å²) in [6.45, 7) is 0.582. The Morgan fingerprint density at radius 1 is 1.00 bits per heavy atom. The van der Waals surface area contributed by atoms with Crippen molar-refractivity contribution in [2.75, 3.05) is 11.4 Å². The first-order chi connectivity index (χ1) is 15.0. The van der Waals surface area contributed by atoms with E-state index in [1.165, 1.54) is 0 Å². The molecule has 3 aromatic rings. The highest BCUT2D eigenvalue weighted by Gasteiger charge is 2.28. The lowest BCUT2D eigenvalue weighted by Gasteiger charge is -2.19. The summed E-state index contributed by atoms with van der Waals surface area (Å²) in [6, 6.07) is 19.3. The normalized spacial score (nSPS) is 16.7. The van der Waals surface area contributed by atoms with Gasteiger partial charge in [-0.3, -0.25) is 4.79 Å². The molecule has 0 unspecified atom stereocenters. The van der Waals surface area contributed by atoms with Gasteiger partial charge >= 0.3 is 0 Å². The van der Waals surface area contributed by atoms with Crippen LogP contribution in [0.1, 0.15) is 36.8 Å².